The molecule has 2 aromatic heterocycles. The number of anilines is 1. The molecule has 1 N–H and O–H groups in total. The van der Waals surface area contributed by atoms with Gasteiger partial charge in [0.2, 0.25) is 0 Å². The summed E-state index contributed by atoms with van der Waals surface area (Å²) in [5, 5.41) is 10.1. The number of ether oxygens (including phenoxy) is 1. The molecule has 0 bridgehead atoms. The largest absolute Gasteiger partial charge is 0.497 e. The number of pyridine rings is 1. The van der Waals surface area contributed by atoms with Gasteiger partial charge >= 0.3 is 0 Å². The van der Waals surface area contributed by atoms with Gasteiger partial charge in [-0.15, -0.1) is 10.2 Å². The molecular formula is C17H12F2N4O2. The smallest absolute Gasteiger partial charge is 0.278 e. The molecule has 6 nitrogen and oxygen atoms in total. The highest BCUT2D eigenvalue weighted by molar-refractivity contribution is 6.02. The van der Waals surface area contributed by atoms with Gasteiger partial charge in [-0.05, 0) is 36.4 Å². The van der Waals surface area contributed by atoms with Gasteiger partial charge in [-0.1, -0.05) is 0 Å². The second kappa shape index (κ2) is 7.00. The van der Waals surface area contributed by atoms with E-state index >= 15 is 0 Å². The van der Waals surface area contributed by atoms with Crippen LogP contribution in [0, 0.1) is 11.6 Å². The van der Waals surface area contributed by atoms with Crippen molar-refractivity contribution in [2.75, 3.05) is 12.4 Å². The Kier molecular flexibility index (Phi) is 4.60. The average Bonchev–Trinajstić information content (AvgIpc) is 2.62. The number of nitrogens with zero attached hydrogens (tertiary/aromatic N) is 3. The number of carbonyl (C=O) groups excluding carboxylic acids is 1. The van der Waals surface area contributed by atoms with Gasteiger partial charge in [-0.3, -0.25) is 4.79 Å². The SMILES string of the molecule is COc1ccc(-c2ccc(NC(=O)c3ncccc3F)nn2)c(F)c1. The molecule has 0 aliphatic heterocycles. The van der Waals surface area contributed by atoms with E-state index in [-0.39, 0.29) is 22.8 Å². The zero-order valence-electron chi connectivity index (χ0n) is 13.0. The molecule has 1 aromatic carbocycles. The summed E-state index contributed by atoms with van der Waals surface area (Å²) < 4.78 is 32.5. The van der Waals surface area contributed by atoms with Crippen LogP contribution in [0.1, 0.15) is 10.5 Å². The molecule has 0 spiro atoms. The van der Waals surface area contributed by atoms with Crippen LogP contribution >= 0.6 is 0 Å². The van der Waals surface area contributed by atoms with E-state index in [0.29, 0.717) is 5.75 Å². The Bertz CT molecular complexity index is 917. The zero-order chi connectivity index (χ0) is 17.8. The lowest BCUT2D eigenvalue weighted by molar-refractivity contribution is 0.101. The normalized spacial score (nSPS) is 10.4. The third-order valence-corrected chi connectivity index (χ3v) is 3.33. The number of halogens is 2. The van der Waals surface area contributed by atoms with Crippen molar-refractivity contribution in [3.63, 3.8) is 0 Å². The van der Waals surface area contributed by atoms with Crippen molar-refractivity contribution in [2.24, 2.45) is 0 Å². The lowest BCUT2D eigenvalue weighted by Gasteiger charge is -2.06. The molecule has 1 amide bonds. The van der Waals surface area contributed by atoms with E-state index in [9.17, 15) is 13.6 Å². The van der Waals surface area contributed by atoms with Crippen molar-refractivity contribution in [1.82, 2.24) is 15.2 Å². The quantitative estimate of drug-likeness (QED) is 0.788. The maximum atomic E-state index is 14.0. The summed E-state index contributed by atoms with van der Waals surface area (Å²) in [5.41, 5.74) is 0.165. The van der Waals surface area contributed by atoms with Gasteiger partial charge in [-0.2, -0.15) is 0 Å². The molecule has 0 unspecified atom stereocenters. The highest BCUT2D eigenvalue weighted by Gasteiger charge is 2.14. The summed E-state index contributed by atoms with van der Waals surface area (Å²) in [4.78, 5) is 15.6. The van der Waals surface area contributed by atoms with Crippen LogP contribution in [0.15, 0.2) is 48.7 Å². The molecule has 0 saturated carbocycles. The highest BCUT2D eigenvalue weighted by Crippen LogP contribution is 2.24. The van der Waals surface area contributed by atoms with E-state index in [1.807, 2.05) is 0 Å². The summed E-state index contributed by atoms with van der Waals surface area (Å²) in [6.45, 7) is 0. The maximum Gasteiger partial charge on any atom is 0.278 e. The number of rotatable bonds is 4. The van der Waals surface area contributed by atoms with E-state index < -0.39 is 17.5 Å². The molecule has 0 fully saturated rings. The van der Waals surface area contributed by atoms with E-state index in [2.05, 4.69) is 20.5 Å². The van der Waals surface area contributed by atoms with Crippen molar-refractivity contribution in [3.8, 4) is 17.0 Å². The topological polar surface area (TPSA) is 77.0 Å². The van der Waals surface area contributed by atoms with Gasteiger partial charge in [0.1, 0.15) is 11.6 Å². The van der Waals surface area contributed by atoms with Crippen LogP contribution in [0.2, 0.25) is 0 Å². The summed E-state index contributed by atoms with van der Waals surface area (Å²) in [5.74, 6) is -1.54. The van der Waals surface area contributed by atoms with Gasteiger partial charge in [-0.25, -0.2) is 13.8 Å². The van der Waals surface area contributed by atoms with Gasteiger partial charge in [0.25, 0.3) is 5.91 Å². The summed E-state index contributed by atoms with van der Waals surface area (Å²) >= 11 is 0. The fourth-order valence-electron chi connectivity index (χ4n) is 2.10. The van der Waals surface area contributed by atoms with Crippen LogP contribution in [0.25, 0.3) is 11.3 Å². The van der Waals surface area contributed by atoms with E-state index in [1.165, 1.54) is 43.6 Å². The van der Waals surface area contributed by atoms with Crippen LogP contribution in [-0.4, -0.2) is 28.2 Å². The van der Waals surface area contributed by atoms with Crippen LogP contribution in [0.4, 0.5) is 14.6 Å². The molecule has 0 atom stereocenters. The predicted molar refractivity (Wildman–Crippen MR) is 86.1 cm³/mol. The Morgan fingerprint density at radius 2 is 1.92 bits per heavy atom. The number of nitrogens with one attached hydrogen (secondary N) is 1. The van der Waals surface area contributed by atoms with Crippen LogP contribution in [0.5, 0.6) is 5.75 Å². The number of methoxy groups -OCH3 is 1. The van der Waals surface area contributed by atoms with Gasteiger partial charge in [0, 0.05) is 17.8 Å². The van der Waals surface area contributed by atoms with Gasteiger partial charge in [0.05, 0.1) is 12.8 Å². The second-order valence-electron chi connectivity index (χ2n) is 4.94. The minimum atomic E-state index is -0.754. The fourth-order valence-corrected chi connectivity index (χ4v) is 2.10. The number of amides is 1. The molecule has 8 heteroatoms. The Morgan fingerprint density at radius 3 is 2.56 bits per heavy atom. The lowest BCUT2D eigenvalue weighted by Crippen LogP contribution is -2.16. The van der Waals surface area contributed by atoms with Gasteiger partial charge < -0.3 is 10.1 Å². The zero-order valence-corrected chi connectivity index (χ0v) is 13.0. The molecule has 0 saturated heterocycles. The fraction of sp³-hybridized carbons (Fsp3) is 0.0588. The molecule has 126 valence electrons. The second-order valence-corrected chi connectivity index (χ2v) is 4.94. The molecule has 3 rings (SSSR count). The molecular weight excluding hydrogens is 330 g/mol. The number of hydrogen-bond acceptors (Lipinski definition) is 5. The number of aromatic nitrogens is 3. The van der Waals surface area contributed by atoms with Crippen molar-refractivity contribution in [1.29, 1.82) is 0 Å². The first-order valence-corrected chi connectivity index (χ1v) is 7.18. The Morgan fingerprint density at radius 1 is 1.08 bits per heavy atom. The monoisotopic (exact) mass is 342 g/mol. The predicted octanol–water partition coefficient (Wildman–Crippen LogP) is 3.08. The number of benzene rings is 1. The molecule has 0 radical (unpaired) electrons. The summed E-state index contributed by atoms with van der Waals surface area (Å²) in [6.07, 6.45) is 1.30. The van der Waals surface area contributed by atoms with E-state index in [4.69, 9.17) is 4.74 Å². The minimum Gasteiger partial charge on any atom is -0.497 e. The highest BCUT2D eigenvalue weighted by atomic mass is 19.1. The van der Waals surface area contributed by atoms with Crippen molar-refractivity contribution in [3.05, 3.63) is 66.0 Å². The Balaban J connectivity index is 1.79. The minimum absolute atomic E-state index is 0.0905. The molecule has 0 aliphatic rings. The number of carbonyl (C=O) groups is 1. The van der Waals surface area contributed by atoms with Crippen molar-refractivity contribution < 1.29 is 18.3 Å². The first kappa shape index (κ1) is 16.4. The van der Waals surface area contributed by atoms with Crippen LogP contribution in [-0.2, 0) is 0 Å². The maximum absolute atomic E-state index is 14.0. The van der Waals surface area contributed by atoms with E-state index in [1.54, 1.807) is 6.07 Å². The van der Waals surface area contributed by atoms with Crippen molar-refractivity contribution >= 4 is 11.7 Å². The molecule has 25 heavy (non-hydrogen) atoms. The third kappa shape index (κ3) is 3.57. The molecule has 3 aromatic rings. The first-order valence-electron chi connectivity index (χ1n) is 7.18. The van der Waals surface area contributed by atoms with Crippen LogP contribution < -0.4 is 10.1 Å². The van der Waals surface area contributed by atoms with E-state index in [0.717, 1.165) is 6.07 Å². The molecule has 0 aliphatic carbocycles. The van der Waals surface area contributed by atoms with Crippen LogP contribution in [0.3, 0.4) is 0 Å². The Hall–Kier alpha value is -3.42. The number of hydrogen-bond donors (Lipinski definition) is 1. The first-order chi connectivity index (χ1) is 12.1. The standard InChI is InChI=1S/C17H12F2N4O2/c1-25-10-4-5-11(13(19)9-10)14-6-7-15(23-22-14)21-17(24)16-12(18)3-2-8-20-16/h2-9H,1H3,(H,21,23,24). The molecule has 2 heterocycles. The Labute approximate surface area is 141 Å². The average molecular weight is 342 g/mol. The lowest BCUT2D eigenvalue weighted by atomic mass is 10.1. The summed E-state index contributed by atoms with van der Waals surface area (Å²) in [7, 11) is 1.44. The van der Waals surface area contributed by atoms with Gasteiger partial charge in [0.15, 0.2) is 17.3 Å². The summed E-state index contributed by atoms with van der Waals surface area (Å²) in [6, 6.07) is 9.77. The third-order valence-electron chi connectivity index (χ3n) is 3.33. The van der Waals surface area contributed by atoms with Crippen molar-refractivity contribution in [2.45, 2.75) is 0 Å².